The van der Waals surface area contributed by atoms with Crippen molar-refractivity contribution in [3.05, 3.63) is 35.9 Å². The van der Waals surface area contributed by atoms with Crippen LogP contribution in [0, 0.1) is 0 Å². The topological polar surface area (TPSA) is 182 Å². The number of hydrogen-bond acceptors (Lipinski definition) is 12. The molecule has 0 bridgehead atoms. The van der Waals surface area contributed by atoms with E-state index in [0.717, 1.165) is 33.3 Å². The average molecular weight is 539 g/mol. The first-order valence-electron chi connectivity index (χ1n) is 11.5. The van der Waals surface area contributed by atoms with Crippen LogP contribution in [-0.2, 0) is 59.0 Å². The third-order valence-corrected chi connectivity index (χ3v) is 4.90. The average Bonchev–Trinajstić information content (AvgIpc) is 2.83. The molecular weight excluding hydrogens is 508 g/mol. The summed E-state index contributed by atoms with van der Waals surface area (Å²) in [6.45, 7) is 3.34. The predicted octanol–water partition coefficient (Wildman–Crippen LogP) is 0.112. The molecule has 1 heterocycles. The van der Waals surface area contributed by atoms with Gasteiger partial charge in [0.05, 0.1) is 0 Å². The molecule has 0 unspecified atom stereocenters. The van der Waals surface area contributed by atoms with Gasteiger partial charge in [0.2, 0.25) is 5.91 Å². The van der Waals surface area contributed by atoms with Gasteiger partial charge >= 0.3 is 30.0 Å². The molecule has 0 radical (unpaired) electrons. The highest BCUT2D eigenvalue weighted by molar-refractivity contribution is 5.82. The Hall–Kier alpha value is -4.20. The minimum absolute atomic E-state index is 0.0199. The van der Waals surface area contributed by atoms with Crippen LogP contribution in [-0.4, -0.2) is 79.7 Å². The quantitative estimate of drug-likeness (QED) is 0.303. The fourth-order valence-electron chi connectivity index (χ4n) is 3.48. The Bertz CT molecular complexity index is 1010. The molecule has 2 rings (SSSR count). The SMILES string of the molecule is CC(=O)OC[C@H]1O[C@@H](NC(=O)CNC(=O)OCc2ccccc2)[C@H](OC(C)=O)[C@@H](OC(C)=O)[C@@H]1OC(C)=O. The van der Waals surface area contributed by atoms with Crippen molar-refractivity contribution in [2.24, 2.45) is 0 Å². The molecule has 14 heteroatoms. The molecule has 0 aromatic heterocycles. The first-order chi connectivity index (χ1) is 18.0. The van der Waals surface area contributed by atoms with Gasteiger partial charge in [-0.2, -0.15) is 0 Å². The smallest absolute Gasteiger partial charge is 0.407 e. The number of amides is 2. The van der Waals surface area contributed by atoms with Crippen molar-refractivity contribution in [2.75, 3.05) is 13.2 Å². The van der Waals surface area contributed by atoms with Crippen LogP contribution in [0.4, 0.5) is 4.79 Å². The van der Waals surface area contributed by atoms with Crippen molar-refractivity contribution in [1.82, 2.24) is 10.6 Å². The van der Waals surface area contributed by atoms with Crippen LogP contribution in [0.1, 0.15) is 33.3 Å². The second kappa shape index (κ2) is 14.5. The molecule has 1 aliphatic heterocycles. The Morgan fingerprint density at radius 3 is 1.92 bits per heavy atom. The van der Waals surface area contributed by atoms with Crippen molar-refractivity contribution in [3.63, 3.8) is 0 Å². The number of carbonyl (C=O) groups is 6. The lowest BCUT2D eigenvalue weighted by molar-refractivity contribution is -0.256. The molecule has 38 heavy (non-hydrogen) atoms. The Balaban J connectivity index is 2.15. The predicted molar refractivity (Wildman–Crippen MR) is 125 cm³/mol. The highest BCUT2D eigenvalue weighted by Crippen LogP contribution is 2.28. The van der Waals surface area contributed by atoms with Crippen LogP contribution in [0.5, 0.6) is 0 Å². The molecule has 5 atom stereocenters. The van der Waals surface area contributed by atoms with Gasteiger partial charge in [0, 0.05) is 27.7 Å². The van der Waals surface area contributed by atoms with Crippen LogP contribution in [0.15, 0.2) is 30.3 Å². The van der Waals surface area contributed by atoms with Gasteiger partial charge < -0.3 is 39.1 Å². The standard InChI is InChI=1S/C24H30N2O12/c1-13(27)33-12-18-20(35-14(2)28)21(36-15(3)29)22(37-16(4)30)23(38-18)26-19(31)10-25-24(32)34-11-17-8-6-5-7-9-17/h5-9,18,20-23H,10-12H2,1-4H3,(H,25,32)(H,26,31)/t18-,20-,21+,22-,23-/m1/s1. The third kappa shape index (κ3) is 10.0. The third-order valence-electron chi connectivity index (χ3n) is 4.90. The van der Waals surface area contributed by atoms with Gasteiger partial charge in [0.25, 0.3) is 0 Å². The van der Waals surface area contributed by atoms with Gasteiger partial charge in [-0.1, -0.05) is 30.3 Å². The van der Waals surface area contributed by atoms with Gasteiger partial charge in [0.1, 0.15) is 25.9 Å². The summed E-state index contributed by atoms with van der Waals surface area (Å²) >= 11 is 0. The van der Waals surface area contributed by atoms with Gasteiger partial charge in [0.15, 0.2) is 24.5 Å². The van der Waals surface area contributed by atoms with Crippen molar-refractivity contribution >= 4 is 35.9 Å². The van der Waals surface area contributed by atoms with Crippen LogP contribution >= 0.6 is 0 Å². The molecule has 1 saturated heterocycles. The molecule has 0 spiro atoms. The molecule has 1 fully saturated rings. The van der Waals surface area contributed by atoms with Gasteiger partial charge in [-0.3, -0.25) is 24.0 Å². The molecule has 2 N–H and O–H groups in total. The molecule has 208 valence electrons. The Morgan fingerprint density at radius 2 is 1.34 bits per heavy atom. The number of rotatable bonds is 10. The highest BCUT2D eigenvalue weighted by atomic mass is 16.7. The number of hydrogen-bond donors (Lipinski definition) is 2. The maximum Gasteiger partial charge on any atom is 0.407 e. The number of ether oxygens (including phenoxy) is 6. The van der Waals surface area contributed by atoms with Gasteiger partial charge in [-0.05, 0) is 5.56 Å². The Labute approximate surface area is 218 Å². The molecule has 14 nitrogen and oxygen atoms in total. The molecule has 1 aromatic carbocycles. The summed E-state index contributed by atoms with van der Waals surface area (Å²) in [5.41, 5.74) is 0.740. The van der Waals surface area contributed by atoms with E-state index in [1.165, 1.54) is 0 Å². The summed E-state index contributed by atoms with van der Waals surface area (Å²) in [7, 11) is 0. The van der Waals surface area contributed by atoms with E-state index in [4.69, 9.17) is 28.4 Å². The van der Waals surface area contributed by atoms with Crippen LogP contribution in [0.2, 0.25) is 0 Å². The monoisotopic (exact) mass is 538 g/mol. The summed E-state index contributed by atoms with van der Waals surface area (Å²) in [5, 5.41) is 4.68. The second-order valence-corrected chi connectivity index (χ2v) is 8.10. The Kier molecular flexibility index (Phi) is 11.5. The minimum Gasteiger partial charge on any atom is -0.463 e. The van der Waals surface area contributed by atoms with E-state index in [0.29, 0.717) is 0 Å². The van der Waals surface area contributed by atoms with Gasteiger partial charge in [-0.25, -0.2) is 4.79 Å². The highest BCUT2D eigenvalue weighted by Gasteiger charge is 2.52. The summed E-state index contributed by atoms with van der Waals surface area (Å²) in [6, 6.07) is 8.87. The number of alkyl carbamates (subject to hydrolysis) is 1. The summed E-state index contributed by atoms with van der Waals surface area (Å²) in [5.74, 6) is -3.89. The molecule has 2 amide bonds. The number of esters is 4. The first kappa shape index (κ1) is 30.0. The molecule has 1 aliphatic rings. The summed E-state index contributed by atoms with van der Waals surface area (Å²) in [4.78, 5) is 71.4. The van der Waals surface area contributed by atoms with Crippen LogP contribution in [0.25, 0.3) is 0 Å². The Morgan fingerprint density at radius 1 is 0.763 bits per heavy atom. The van der Waals surface area contributed by atoms with Crippen LogP contribution < -0.4 is 10.6 Å². The van der Waals surface area contributed by atoms with Crippen LogP contribution in [0.3, 0.4) is 0 Å². The van der Waals surface area contributed by atoms with Crippen molar-refractivity contribution in [2.45, 2.75) is 64.9 Å². The van der Waals surface area contributed by atoms with Crippen molar-refractivity contribution in [3.8, 4) is 0 Å². The van der Waals surface area contributed by atoms with E-state index in [1.807, 2.05) is 6.07 Å². The lowest BCUT2D eigenvalue weighted by Crippen LogP contribution is -2.66. The van der Waals surface area contributed by atoms with E-state index in [9.17, 15) is 28.8 Å². The normalized spacial score (nSPS) is 22.3. The summed E-state index contributed by atoms with van der Waals surface area (Å²) < 4.78 is 31.6. The number of benzene rings is 1. The van der Waals surface area contributed by atoms with Crippen molar-refractivity contribution in [1.29, 1.82) is 0 Å². The maximum atomic E-state index is 12.6. The lowest BCUT2D eigenvalue weighted by atomic mass is 9.97. The molecule has 0 aliphatic carbocycles. The summed E-state index contributed by atoms with van der Waals surface area (Å²) in [6.07, 6.45) is -7.82. The molecular formula is C24H30N2O12. The van der Waals surface area contributed by atoms with E-state index >= 15 is 0 Å². The van der Waals surface area contributed by atoms with E-state index < -0.39 is 79.7 Å². The van der Waals surface area contributed by atoms with Crippen molar-refractivity contribution < 1.29 is 57.2 Å². The van der Waals surface area contributed by atoms with E-state index in [2.05, 4.69) is 10.6 Å². The molecule has 0 saturated carbocycles. The zero-order valence-electron chi connectivity index (χ0n) is 21.3. The van der Waals surface area contributed by atoms with Gasteiger partial charge in [-0.15, -0.1) is 0 Å². The maximum absolute atomic E-state index is 12.6. The second-order valence-electron chi connectivity index (χ2n) is 8.10. The first-order valence-corrected chi connectivity index (χ1v) is 11.5. The van der Waals surface area contributed by atoms with E-state index in [-0.39, 0.29) is 6.61 Å². The largest absolute Gasteiger partial charge is 0.463 e. The zero-order chi connectivity index (χ0) is 28.2. The zero-order valence-corrected chi connectivity index (χ0v) is 21.3. The lowest BCUT2D eigenvalue weighted by Gasteiger charge is -2.44. The van der Waals surface area contributed by atoms with E-state index in [1.54, 1.807) is 24.3 Å². The number of carbonyl (C=O) groups excluding carboxylic acids is 6. The molecule has 1 aromatic rings. The fraction of sp³-hybridized carbons (Fsp3) is 0.500. The number of nitrogens with one attached hydrogen (secondary N) is 2. The fourth-order valence-corrected chi connectivity index (χ4v) is 3.48. The minimum atomic E-state index is -1.47.